The van der Waals surface area contributed by atoms with Crippen LogP contribution in [0, 0.1) is 5.92 Å². The molecule has 0 saturated heterocycles. The largest absolute Gasteiger partial charge is 0.340 e. The lowest BCUT2D eigenvalue weighted by Gasteiger charge is -2.22. The Kier molecular flexibility index (Phi) is 4.79. The Balaban J connectivity index is 1.90. The minimum atomic E-state index is 0.550. The monoisotopic (exact) mass is 336 g/mol. The van der Waals surface area contributed by atoms with Gasteiger partial charge in [0.25, 0.3) is 0 Å². The summed E-state index contributed by atoms with van der Waals surface area (Å²) in [5.74, 6) is 2.10. The number of anilines is 1. The molecule has 2 aromatic rings. The van der Waals surface area contributed by atoms with Crippen LogP contribution in [0.4, 0.5) is 5.95 Å². The summed E-state index contributed by atoms with van der Waals surface area (Å²) < 4.78 is 0. The zero-order valence-electron chi connectivity index (χ0n) is 12.5. The van der Waals surface area contributed by atoms with Gasteiger partial charge in [0.2, 0.25) is 5.95 Å². The van der Waals surface area contributed by atoms with Gasteiger partial charge in [-0.3, -0.25) is 0 Å². The second-order valence-corrected chi connectivity index (χ2v) is 6.47. The van der Waals surface area contributed by atoms with Gasteiger partial charge in [0.05, 0.1) is 5.02 Å². The molecule has 1 aromatic carbocycles. The molecule has 22 heavy (non-hydrogen) atoms. The van der Waals surface area contributed by atoms with E-state index >= 15 is 0 Å². The molecular weight excluding hydrogens is 319 g/mol. The van der Waals surface area contributed by atoms with Gasteiger partial charge in [-0.15, -0.1) is 0 Å². The molecule has 0 spiro atoms. The molecule has 0 atom stereocenters. The van der Waals surface area contributed by atoms with Crippen molar-refractivity contribution in [3.8, 4) is 11.4 Å². The second-order valence-electron chi connectivity index (χ2n) is 5.62. The zero-order chi connectivity index (χ0) is 15.5. The Morgan fingerprint density at radius 3 is 2.73 bits per heavy atom. The SMILES string of the molecule is CCCN(CC1CC1)c1ncnc(-c2ccc(Cl)cc2Cl)n1. The van der Waals surface area contributed by atoms with Crippen molar-refractivity contribution in [3.05, 3.63) is 34.6 Å². The lowest BCUT2D eigenvalue weighted by molar-refractivity contribution is 0.686. The summed E-state index contributed by atoms with van der Waals surface area (Å²) in [5, 5.41) is 1.15. The van der Waals surface area contributed by atoms with Crippen LogP contribution in [0.15, 0.2) is 24.5 Å². The van der Waals surface area contributed by atoms with Gasteiger partial charge in [-0.2, -0.15) is 4.98 Å². The fourth-order valence-corrected chi connectivity index (χ4v) is 2.89. The van der Waals surface area contributed by atoms with Crippen LogP contribution in [0.25, 0.3) is 11.4 Å². The first-order valence-corrected chi connectivity index (χ1v) is 8.32. The minimum Gasteiger partial charge on any atom is -0.340 e. The average molecular weight is 337 g/mol. The highest BCUT2D eigenvalue weighted by Gasteiger charge is 2.25. The number of aromatic nitrogens is 3. The summed E-state index contributed by atoms with van der Waals surface area (Å²) in [7, 11) is 0. The highest BCUT2D eigenvalue weighted by atomic mass is 35.5. The Hall–Kier alpha value is -1.39. The van der Waals surface area contributed by atoms with Gasteiger partial charge in [0.1, 0.15) is 6.33 Å². The van der Waals surface area contributed by atoms with Crippen molar-refractivity contribution in [3.63, 3.8) is 0 Å². The summed E-state index contributed by atoms with van der Waals surface area (Å²) in [6, 6.07) is 5.34. The molecule has 1 fully saturated rings. The van der Waals surface area contributed by atoms with Crippen LogP contribution in [0.1, 0.15) is 26.2 Å². The molecule has 116 valence electrons. The zero-order valence-corrected chi connectivity index (χ0v) is 14.0. The lowest BCUT2D eigenvalue weighted by atomic mass is 10.2. The third-order valence-electron chi connectivity index (χ3n) is 3.68. The predicted molar refractivity (Wildman–Crippen MR) is 90.5 cm³/mol. The van der Waals surface area contributed by atoms with Crippen molar-refractivity contribution in [1.82, 2.24) is 15.0 Å². The molecule has 6 heteroatoms. The molecule has 0 aliphatic heterocycles. The molecule has 0 radical (unpaired) electrons. The van der Waals surface area contributed by atoms with Crippen LogP contribution >= 0.6 is 23.2 Å². The maximum Gasteiger partial charge on any atom is 0.228 e. The van der Waals surface area contributed by atoms with Crippen molar-refractivity contribution in [1.29, 1.82) is 0 Å². The van der Waals surface area contributed by atoms with Gasteiger partial charge >= 0.3 is 0 Å². The van der Waals surface area contributed by atoms with E-state index < -0.39 is 0 Å². The van der Waals surface area contributed by atoms with Crippen molar-refractivity contribution >= 4 is 29.2 Å². The van der Waals surface area contributed by atoms with E-state index in [0.717, 1.165) is 36.9 Å². The third-order valence-corrected chi connectivity index (χ3v) is 4.23. The first-order chi connectivity index (χ1) is 10.7. The lowest BCUT2D eigenvalue weighted by Crippen LogP contribution is -2.28. The first kappa shape index (κ1) is 15.5. The van der Waals surface area contributed by atoms with Crippen LogP contribution in [-0.4, -0.2) is 28.0 Å². The summed E-state index contributed by atoms with van der Waals surface area (Å²) in [6.07, 6.45) is 5.23. The van der Waals surface area contributed by atoms with Crippen molar-refractivity contribution in [2.24, 2.45) is 5.92 Å². The van der Waals surface area contributed by atoms with Crippen molar-refractivity contribution in [2.45, 2.75) is 26.2 Å². The maximum absolute atomic E-state index is 6.25. The second kappa shape index (κ2) is 6.80. The molecule has 3 rings (SSSR count). The molecule has 0 bridgehead atoms. The smallest absolute Gasteiger partial charge is 0.228 e. The van der Waals surface area contributed by atoms with Gasteiger partial charge in [-0.05, 0) is 43.4 Å². The van der Waals surface area contributed by atoms with Gasteiger partial charge < -0.3 is 4.90 Å². The van der Waals surface area contributed by atoms with E-state index in [2.05, 4.69) is 26.8 Å². The Bertz CT molecular complexity index is 658. The Morgan fingerprint density at radius 2 is 2.05 bits per heavy atom. The number of benzene rings is 1. The third kappa shape index (κ3) is 3.68. The highest BCUT2D eigenvalue weighted by molar-refractivity contribution is 6.36. The van der Waals surface area contributed by atoms with Crippen LogP contribution in [0.5, 0.6) is 0 Å². The molecular formula is C16H18Cl2N4. The first-order valence-electron chi connectivity index (χ1n) is 7.56. The quantitative estimate of drug-likeness (QED) is 0.780. The fourth-order valence-electron chi connectivity index (χ4n) is 2.40. The van der Waals surface area contributed by atoms with Crippen LogP contribution in [0.3, 0.4) is 0 Å². The summed E-state index contributed by atoms with van der Waals surface area (Å²) in [4.78, 5) is 15.5. The Morgan fingerprint density at radius 1 is 1.23 bits per heavy atom. The number of hydrogen-bond donors (Lipinski definition) is 0. The molecule has 1 aromatic heterocycles. The summed E-state index contributed by atoms with van der Waals surface area (Å²) >= 11 is 12.2. The molecule has 4 nitrogen and oxygen atoms in total. The van der Waals surface area contributed by atoms with E-state index in [1.54, 1.807) is 18.5 Å². The van der Waals surface area contributed by atoms with Crippen LogP contribution < -0.4 is 4.90 Å². The normalized spacial score (nSPS) is 14.1. The van der Waals surface area contributed by atoms with E-state index in [-0.39, 0.29) is 0 Å². The summed E-state index contributed by atoms with van der Waals surface area (Å²) in [5.41, 5.74) is 0.776. The maximum atomic E-state index is 6.25. The van der Waals surface area contributed by atoms with E-state index in [4.69, 9.17) is 23.2 Å². The molecule has 1 heterocycles. The topological polar surface area (TPSA) is 41.9 Å². The van der Waals surface area contributed by atoms with E-state index in [9.17, 15) is 0 Å². The van der Waals surface area contributed by atoms with Gasteiger partial charge in [0.15, 0.2) is 5.82 Å². The van der Waals surface area contributed by atoms with E-state index in [1.165, 1.54) is 12.8 Å². The molecule has 0 amide bonds. The molecule has 1 aliphatic rings. The Labute approximate surface area is 140 Å². The van der Waals surface area contributed by atoms with Gasteiger partial charge in [-0.1, -0.05) is 30.1 Å². The fraction of sp³-hybridized carbons (Fsp3) is 0.438. The predicted octanol–water partition coefficient (Wildman–Crippen LogP) is 4.47. The minimum absolute atomic E-state index is 0.550. The van der Waals surface area contributed by atoms with Crippen molar-refractivity contribution < 1.29 is 0 Å². The molecule has 1 saturated carbocycles. The van der Waals surface area contributed by atoms with Crippen molar-refractivity contribution in [2.75, 3.05) is 18.0 Å². The molecule has 0 N–H and O–H groups in total. The average Bonchev–Trinajstić information content (AvgIpc) is 3.31. The van der Waals surface area contributed by atoms with Gasteiger partial charge in [-0.25, -0.2) is 9.97 Å². The summed E-state index contributed by atoms with van der Waals surface area (Å²) in [6.45, 7) is 4.14. The number of nitrogens with zero attached hydrogens (tertiary/aromatic N) is 4. The van der Waals surface area contributed by atoms with Gasteiger partial charge in [0, 0.05) is 23.7 Å². The number of hydrogen-bond acceptors (Lipinski definition) is 4. The standard InChI is InChI=1S/C16H18Cl2N4/c1-2-7-22(9-11-3-4-11)16-20-10-19-15(21-16)13-6-5-12(17)8-14(13)18/h5-6,8,10-11H,2-4,7,9H2,1H3. The number of halogens is 2. The highest BCUT2D eigenvalue weighted by Crippen LogP contribution is 2.32. The molecule has 1 aliphatic carbocycles. The number of rotatable bonds is 6. The molecule has 0 unspecified atom stereocenters. The van der Waals surface area contributed by atoms with Crippen LogP contribution in [0.2, 0.25) is 10.0 Å². The van der Waals surface area contributed by atoms with E-state index in [1.807, 2.05) is 6.07 Å². The van der Waals surface area contributed by atoms with E-state index in [0.29, 0.717) is 15.9 Å². The van der Waals surface area contributed by atoms with Crippen LogP contribution in [-0.2, 0) is 0 Å².